The van der Waals surface area contributed by atoms with Crippen LogP contribution in [-0.2, 0) is 0 Å². The monoisotopic (exact) mass is 355 g/mol. The number of carbonyl (C=O) groups excluding carboxylic acids is 1. The first-order valence-electron chi connectivity index (χ1n) is 6.87. The van der Waals surface area contributed by atoms with Gasteiger partial charge in [0, 0.05) is 43.9 Å². The van der Waals surface area contributed by atoms with Gasteiger partial charge in [0.2, 0.25) is 0 Å². The van der Waals surface area contributed by atoms with Crippen molar-refractivity contribution in [3.05, 3.63) is 38.3 Å². The Morgan fingerprint density at radius 1 is 1.29 bits per heavy atom. The second-order valence-corrected chi connectivity index (χ2v) is 6.20. The van der Waals surface area contributed by atoms with Crippen LogP contribution in [0.1, 0.15) is 24.2 Å². The average Bonchev–Trinajstić information content (AvgIpc) is 2.46. The summed E-state index contributed by atoms with van der Waals surface area (Å²) in [5.74, 6) is -0.144. The molecule has 6 nitrogen and oxygen atoms in total. The molecule has 7 heteroatoms. The smallest absolute Gasteiger partial charge is 0.284 e. The van der Waals surface area contributed by atoms with E-state index in [-0.39, 0.29) is 11.6 Å². The number of rotatable bonds is 3. The molecule has 1 amide bonds. The molecule has 0 spiro atoms. The average molecular weight is 356 g/mol. The summed E-state index contributed by atoms with van der Waals surface area (Å²) >= 11 is 3.13. The van der Waals surface area contributed by atoms with Crippen molar-refractivity contribution in [2.75, 3.05) is 26.2 Å². The van der Waals surface area contributed by atoms with Crippen molar-refractivity contribution >= 4 is 27.5 Å². The van der Waals surface area contributed by atoms with Crippen LogP contribution in [-0.4, -0.2) is 52.9 Å². The normalized spacial score (nSPS) is 16.3. The van der Waals surface area contributed by atoms with Gasteiger partial charge in [-0.1, -0.05) is 0 Å². The molecule has 114 valence electrons. The lowest BCUT2D eigenvalue weighted by Gasteiger charge is -2.36. The molecule has 1 fully saturated rings. The second-order valence-electron chi connectivity index (χ2n) is 5.35. The van der Waals surface area contributed by atoms with Gasteiger partial charge < -0.3 is 4.90 Å². The van der Waals surface area contributed by atoms with E-state index in [1.54, 1.807) is 17.0 Å². The molecule has 1 saturated heterocycles. The van der Waals surface area contributed by atoms with Crippen LogP contribution in [0.3, 0.4) is 0 Å². The first kappa shape index (κ1) is 15.9. The fourth-order valence-electron chi connectivity index (χ4n) is 2.41. The number of hydrogen-bond acceptors (Lipinski definition) is 4. The third kappa shape index (κ3) is 3.59. The van der Waals surface area contributed by atoms with E-state index >= 15 is 0 Å². The number of piperazine rings is 1. The zero-order valence-electron chi connectivity index (χ0n) is 12.1. The van der Waals surface area contributed by atoms with Crippen LogP contribution in [0.2, 0.25) is 0 Å². The SMILES string of the molecule is CC(C)N1CCN(C(=O)c2ccc(Br)c([N+](=O)[O-])c2)CC1. The van der Waals surface area contributed by atoms with Crippen LogP contribution in [0.15, 0.2) is 22.7 Å². The van der Waals surface area contributed by atoms with Crippen molar-refractivity contribution in [1.82, 2.24) is 9.80 Å². The highest BCUT2D eigenvalue weighted by molar-refractivity contribution is 9.10. The molecule has 0 unspecified atom stereocenters. The first-order valence-corrected chi connectivity index (χ1v) is 7.66. The summed E-state index contributed by atoms with van der Waals surface area (Å²) in [7, 11) is 0. The molecule has 1 aliphatic heterocycles. The van der Waals surface area contributed by atoms with Gasteiger partial charge in [0.15, 0.2) is 0 Å². The topological polar surface area (TPSA) is 66.7 Å². The summed E-state index contributed by atoms with van der Waals surface area (Å²) in [6, 6.07) is 4.97. The molecule has 21 heavy (non-hydrogen) atoms. The fourth-order valence-corrected chi connectivity index (χ4v) is 2.80. The van der Waals surface area contributed by atoms with E-state index in [2.05, 4.69) is 34.7 Å². The summed E-state index contributed by atoms with van der Waals surface area (Å²) in [4.78, 5) is 26.9. The first-order chi connectivity index (χ1) is 9.90. The number of benzene rings is 1. The number of amides is 1. The highest BCUT2D eigenvalue weighted by atomic mass is 79.9. The van der Waals surface area contributed by atoms with Crippen LogP contribution in [0.25, 0.3) is 0 Å². The Bertz CT molecular complexity index is 554. The maximum atomic E-state index is 12.4. The van der Waals surface area contributed by atoms with Gasteiger partial charge in [0.25, 0.3) is 11.6 Å². The quantitative estimate of drug-likeness (QED) is 0.617. The minimum Gasteiger partial charge on any atom is -0.336 e. The molecule has 1 aliphatic rings. The summed E-state index contributed by atoms with van der Waals surface area (Å²) < 4.78 is 0.383. The molecule has 1 aromatic rings. The van der Waals surface area contributed by atoms with Gasteiger partial charge in [-0.05, 0) is 41.9 Å². The maximum absolute atomic E-state index is 12.4. The minimum atomic E-state index is -0.489. The van der Waals surface area contributed by atoms with E-state index in [4.69, 9.17) is 0 Å². The van der Waals surface area contributed by atoms with E-state index in [0.29, 0.717) is 29.2 Å². The predicted octanol–water partition coefficient (Wildman–Crippen LogP) is 2.52. The van der Waals surface area contributed by atoms with Crippen molar-refractivity contribution in [2.45, 2.75) is 19.9 Å². The molecule has 2 rings (SSSR count). The minimum absolute atomic E-state index is 0.0818. The van der Waals surface area contributed by atoms with Gasteiger partial charge in [-0.25, -0.2) is 0 Å². The largest absolute Gasteiger partial charge is 0.336 e. The number of nitro benzene ring substituents is 1. The molecule has 0 N–H and O–H groups in total. The lowest BCUT2D eigenvalue weighted by atomic mass is 10.1. The summed E-state index contributed by atoms with van der Waals surface area (Å²) in [5, 5.41) is 10.9. The molecule has 1 heterocycles. The molecule has 0 atom stereocenters. The Hall–Kier alpha value is -1.47. The lowest BCUT2D eigenvalue weighted by Crippen LogP contribution is -2.50. The van der Waals surface area contributed by atoms with Gasteiger partial charge in [0.1, 0.15) is 0 Å². The summed E-state index contributed by atoms with van der Waals surface area (Å²) in [6.07, 6.45) is 0. The number of carbonyl (C=O) groups is 1. The Balaban J connectivity index is 2.11. The van der Waals surface area contributed by atoms with E-state index in [0.717, 1.165) is 13.1 Å². The van der Waals surface area contributed by atoms with Gasteiger partial charge in [0.05, 0.1) is 9.40 Å². The predicted molar refractivity (Wildman–Crippen MR) is 83.4 cm³/mol. The lowest BCUT2D eigenvalue weighted by molar-refractivity contribution is -0.385. The summed E-state index contributed by atoms with van der Waals surface area (Å²) in [6.45, 7) is 7.25. The van der Waals surface area contributed by atoms with Crippen LogP contribution >= 0.6 is 15.9 Å². The van der Waals surface area contributed by atoms with Crippen molar-refractivity contribution in [2.24, 2.45) is 0 Å². The molecular weight excluding hydrogens is 338 g/mol. The fraction of sp³-hybridized carbons (Fsp3) is 0.500. The number of nitrogens with zero attached hydrogens (tertiary/aromatic N) is 3. The highest BCUT2D eigenvalue weighted by Gasteiger charge is 2.25. The molecule has 0 saturated carbocycles. The van der Waals surface area contributed by atoms with Crippen LogP contribution in [0.4, 0.5) is 5.69 Å². The Labute approximate surface area is 132 Å². The van der Waals surface area contributed by atoms with Gasteiger partial charge in [-0.2, -0.15) is 0 Å². The number of hydrogen-bond donors (Lipinski definition) is 0. The number of nitro groups is 1. The Morgan fingerprint density at radius 3 is 2.43 bits per heavy atom. The zero-order chi connectivity index (χ0) is 15.6. The highest BCUT2D eigenvalue weighted by Crippen LogP contribution is 2.26. The van der Waals surface area contributed by atoms with Gasteiger partial charge in [-0.15, -0.1) is 0 Å². The second kappa shape index (κ2) is 6.53. The standard InChI is InChI=1S/C14H18BrN3O3/c1-10(2)16-5-7-17(8-6-16)14(19)11-3-4-12(15)13(9-11)18(20)21/h3-4,9-10H,5-8H2,1-2H3. The van der Waals surface area contributed by atoms with Gasteiger partial charge >= 0.3 is 0 Å². The zero-order valence-corrected chi connectivity index (χ0v) is 13.7. The number of halogens is 1. The van der Waals surface area contributed by atoms with E-state index in [1.165, 1.54) is 6.07 Å². The molecule has 0 bridgehead atoms. The maximum Gasteiger partial charge on any atom is 0.284 e. The molecule has 0 aliphatic carbocycles. The Kier molecular flexibility index (Phi) is 4.95. The van der Waals surface area contributed by atoms with Gasteiger partial charge in [-0.3, -0.25) is 19.8 Å². The van der Waals surface area contributed by atoms with E-state index in [9.17, 15) is 14.9 Å². The third-order valence-electron chi connectivity index (χ3n) is 3.72. The molecular formula is C14H18BrN3O3. The Morgan fingerprint density at radius 2 is 1.90 bits per heavy atom. The summed E-state index contributed by atoms with van der Waals surface area (Å²) in [5.41, 5.74) is 0.282. The molecule has 0 radical (unpaired) electrons. The van der Waals surface area contributed by atoms with Crippen molar-refractivity contribution in [3.8, 4) is 0 Å². The van der Waals surface area contributed by atoms with Crippen LogP contribution in [0, 0.1) is 10.1 Å². The van der Waals surface area contributed by atoms with Crippen LogP contribution < -0.4 is 0 Å². The third-order valence-corrected chi connectivity index (χ3v) is 4.39. The van der Waals surface area contributed by atoms with E-state index < -0.39 is 4.92 Å². The van der Waals surface area contributed by atoms with E-state index in [1.807, 2.05) is 0 Å². The van der Waals surface area contributed by atoms with Crippen LogP contribution in [0.5, 0.6) is 0 Å². The van der Waals surface area contributed by atoms with Crippen molar-refractivity contribution in [3.63, 3.8) is 0 Å². The van der Waals surface area contributed by atoms with Crippen molar-refractivity contribution < 1.29 is 9.72 Å². The molecule has 1 aromatic carbocycles. The van der Waals surface area contributed by atoms with Crippen molar-refractivity contribution in [1.29, 1.82) is 0 Å². The molecule has 0 aromatic heterocycles.